The average Bonchev–Trinajstić information content (AvgIpc) is 2.67. The summed E-state index contributed by atoms with van der Waals surface area (Å²) in [5, 5.41) is 1.88. The highest BCUT2D eigenvalue weighted by atomic mass is 32.2. The van der Waals surface area contributed by atoms with Gasteiger partial charge in [-0.15, -0.1) is 11.3 Å². The molecule has 5 nitrogen and oxygen atoms in total. The molecule has 1 heterocycles. The second-order valence-electron chi connectivity index (χ2n) is 4.94. The van der Waals surface area contributed by atoms with Gasteiger partial charge in [0.2, 0.25) is 0 Å². The summed E-state index contributed by atoms with van der Waals surface area (Å²) >= 11 is 1.46. The van der Waals surface area contributed by atoms with E-state index in [1.165, 1.54) is 11.3 Å². The first-order valence-electron chi connectivity index (χ1n) is 5.77. The third kappa shape index (κ3) is 6.18. The zero-order valence-electron chi connectivity index (χ0n) is 11.3. The van der Waals surface area contributed by atoms with E-state index in [-0.39, 0.29) is 13.1 Å². The van der Waals surface area contributed by atoms with Gasteiger partial charge in [0.05, 0.1) is 6.54 Å². The van der Waals surface area contributed by atoms with E-state index in [1.54, 1.807) is 20.8 Å². The van der Waals surface area contributed by atoms with Crippen molar-refractivity contribution in [3.63, 3.8) is 0 Å². The molecule has 0 amide bonds. The SMILES string of the molecule is CC(C)(C)NS(=O)(=O)NCc1sccc1C#CCN. The normalized spacial score (nSPS) is 12.0. The highest BCUT2D eigenvalue weighted by molar-refractivity contribution is 7.87. The smallest absolute Gasteiger partial charge is 0.277 e. The summed E-state index contributed by atoms with van der Waals surface area (Å²) in [4.78, 5) is 0.875. The zero-order valence-corrected chi connectivity index (χ0v) is 12.9. The minimum Gasteiger partial charge on any atom is -0.320 e. The summed E-state index contributed by atoms with van der Waals surface area (Å²) in [6.45, 7) is 5.87. The molecule has 4 N–H and O–H groups in total. The van der Waals surface area contributed by atoms with Crippen molar-refractivity contribution in [2.75, 3.05) is 6.54 Å². The van der Waals surface area contributed by atoms with Crippen LogP contribution in [0.3, 0.4) is 0 Å². The van der Waals surface area contributed by atoms with E-state index < -0.39 is 15.7 Å². The second kappa shape index (κ2) is 6.50. The molecule has 0 saturated heterocycles. The number of rotatable bonds is 4. The lowest BCUT2D eigenvalue weighted by molar-refractivity contribution is 0.484. The highest BCUT2D eigenvalue weighted by Gasteiger charge is 2.19. The van der Waals surface area contributed by atoms with Crippen molar-refractivity contribution in [1.82, 2.24) is 9.44 Å². The lowest BCUT2D eigenvalue weighted by Crippen LogP contribution is -2.46. The van der Waals surface area contributed by atoms with Crippen LogP contribution >= 0.6 is 11.3 Å². The fraction of sp³-hybridized carbons (Fsp3) is 0.500. The minimum absolute atomic E-state index is 0.220. The number of thiophene rings is 1. The van der Waals surface area contributed by atoms with E-state index in [1.807, 2.05) is 11.4 Å². The van der Waals surface area contributed by atoms with Crippen molar-refractivity contribution in [2.24, 2.45) is 5.73 Å². The molecule has 0 fully saturated rings. The molecule has 1 aromatic heterocycles. The van der Waals surface area contributed by atoms with E-state index >= 15 is 0 Å². The molecule has 0 aliphatic heterocycles. The summed E-state index contributed by atoms with van der Waals surface area (Å²) in [6, 6.07) is 1.86. The Hall–Kier alpha value is -0.910. The molecule has 0 bridgehead atoms. The lowest BCUT2D eigenvalue weighted by atomic mass is 10.1. The van der Waals surface area contributed by atoms with Crippen LogP contribution in [0.2, 0.25) is 0 Å². The average molecular weight is 301 g/mol. The summed E-state index contributed by atoms with van der Waals surface area (Å²) in [6.07, 6.45) is 0. The van der Waals surface area contributed by atoms with Crippen LogP contribution in [0.15, 0.2) is 11.4 Å². The van der Waals surface area contributed by atoms with E-state index in [0.717, 1.165) is 10.4 Å². The van der Waals surface area contributed by atoms with Crippen LogP contribution < -0.4 is 15.2 Å². The lowest BCUT2D eigenvalue weighted by Gasteiger charge is -2.20. The molecule has 0 spiro atoms. The molecule has 1 aromatic rings. The van der Waals surface area contributed by atoms with Crippen LogP contribution in [0.4, 0.5) is 0 Å². The third-order valence-electron chi connectivity index (χ3n) is 1.93. The van der Waals surface area contributed by atoms with Gasteiger partial charge in [-0.1, -0.05) is 11.8 Å². The van der Waals surface area contributed by atoms with Gasteiger partial charge in [-0.2, -0.15) is 17.9 Å². The van der Waals surface area contributed by atoms with Gasteiger partial charge in [-0.3, -0.25) is 0 Å². The summed E-state index contributed by atoms with van der Waals surface area (Å²) in [5.74, 6) is 5.68. The van der Waals surface area contributed by atoms with Gasteiger partial charge in [-0.25, -0.2) is 0 Å². The molecule has 19 heavy (non-hydrogen) atoms. The Balaban J connectivity index is 2.70. The van der Waals surface area contributed by atoms with Crippen molar-refractivity contribution in [1.29, 1.82) is 0 Å². The fourth-order valence-electron chi connectivity index (χ4n) is 1.33. The maximum absolute atomic E-state index is 11.8. The predicted octanol–water partition coefficient (Wildman–Crippen LogP) is 0.781. The molecule has 1 rings (SSSR count). The van der Waals surface area contributed by atoms with Crippen LogP contribution in [0.1, 0.15) is 31.2 Å². The standard InChI is InChI=1S/C12H19N3O2S2/c1-12(2,3)15-19(16,17)14-9-11-10(5-4-7-13)6-8-18-11/h6,8,14-15H,7,9,13H2,1-3H3. The zero-order chi connectivity index (χ0) is 14.5. The van der Waals surface area contributed by atoms with E-state index in [0.29, 0.717) is 0 Å². The maximum Gasteiger partial charge on any atom is 0.277 e. The first-order chi connectivity index (χ1) is 8.73. The highest BCUT2D eigenvalue weighted by Crippen LogP contribution is 2.15. The Bertz CT molecular complexity index is 574. The van der Waals surface area contributed by atoms with E-state index in [9.17, 15) is 8.42 Å². The minimum atomic E-state index is -3.52. The Kier molecular flexibility index (Phi) is 5.52. The quantitative estimate of drug-likeness (QED) is 0.719. The van der Waals surface area contributed by atoms with Crippen LogP contribution in [0.5, 0.6) is 0 Å². The monoisotopic (exact) mass is 301 g/mol. The molecule has 0 aliphatic rings. The van der Waals surface area contributed by atoms with Crippen molar-refractivity contribution in [3.8, 4) is 11.8 Å². The second-order valence-corrected chi connectivity index (χ2v) is 7.44. The first kappa shape index (κ1) is 16.1. The van der Waals surface area contributed by atoms with Crippen molar-refractivity contribution >= 4 is 21.5 Å². The van der Waals surface area contributed by atoms with Gasteiger partial charge >= 0.3 is 0 Å². The third-order valence-corrected chi connectivity index (χ3v) is 4.26. The van der Waals surface area contributed by atoms with E-state index in [2.05, 4.69) is 21.3 Å². The predicted molar refractivity (Wildman–Crippen MR) is 78.9 cm³/mol. The van der Waals surface area contributed by atoms with Gasteiger partial charge in [0.1, 0.15) is 0 Å². The van der Waals surface area contributed by atoms with Crippen molar-refractivity contribution < 1.29 is 8.42 Å². The summed E-state index contributed by atoms with van der Waals surface area (Å²) in [7, 11) is -3.52. The topological polar surface area (TPSA) is 84.2 Å². The van der Waals surface area contributed by atoms with Crippen LogP contribution in [-0.4, -0.2) is 20.5 Å². The van der Waals surface area contributed by atoms with Crippen LogP contribution in [-0.2, 0) is 16.8 Å². The molecule has 0 aromatic carbocycles. The molecule has 0 aliphatic carbocycles. The van der Waals surface area contributed by atoms with Crippen molar-refractivity contribution in [2.45, 2.75) is 32.9 Å². The molecule has 7 heteroatoms. The summed E-state index contributed by atoms with van der Waals surface area (Å²) < 4.78 is 28.6. The molecule has 0 saturated carbocycles. The number of hydrogen-bond donors (Lipinski definition) is 3. The van der Waals surface area contributed by atoms with E-state index in [4.69, 9.17) is 5.73 Å². The Morgan fingerprint density at radius 2 is 2.11 bits per heavy atom. The molecular formula is C12H19N3O2S2. The molecule has 106 valence electrons. The van der Waals surface area contributed by atoms with Gasteiger partial charge in [0, 0.05) is 22.5 Å². The number of nitrogens with one attached hydrogen (secondary N) is 2. The number of hydrogen-bond acceptors (Lipinski definition) is 4. The van der Waals surface area contributed by atoms with Crippen molar-refractivity contribution in [3.05, 3.63) is 21.9 Å². The Morgan fingerprint density at radius 1 is 1.42 bits per heavy atom. The van der Waals surface area contributed by atoms with Gasteiger partial charge in [-0.05, 0) is 32.2 Å². The Labute approximate surface area is 118 Å². The summed E-state index contributed by atoms with van der Waals surface area (Å²) in [5.41, 5.74) is 5.62. The molecule has 0 unspecified atom stereocenters. The van der Waals surface area contributed by atoms with Crippen LogP contribution in [0.25, 0.3) is 0 Å². The Morgan fingerprint density at radius 3 is 2.68 bits per heavy atom. The van der Waals surface area contributed by atoms with Gasteiger partial charge in [0.25, 0.3) is 10.2 Å². The maximum atomic E-state index is 11.8. The number of nitrogens with two attached hydrogens (primary N) is 1. The first-order valence-corrected chi connectivity index (χ1v) is 8.14. The van der Waals surface area contributed by atoms with Gasteiger partial charge in [0.15, 0.2) is 0 Å². The molecule has 0 radical (unpaired) electrons. The molecular weight excluding hydrogens is 282 g/mol. The molecule has 0 atom stereocenters. The van der Waals surface area contributed by atoms with Gasteiger partial charge < -0.3 is 5.73 Å². The van der Waals surface area contributed by atoms with Crippen LogP contribution in [0, 0.1) is 11.8 Å². The fourth-order valence-corrected chi connectivity index (χ4v) is 3.41. The largest absolute Gasteiger partial charge is 0.320 e.